The van der Waals surface area contributed by atoms with Crippen LogP contribution in [0.2, 0.25) is 0 Å². The fourth-order valence-corrected chi connectivity index (χ4v) is 14.9. The Kier molecular flexibility index (Phi) is 33.0. The summed E-state index contributed by atoms with van der Waals surface area (Å²) < 4.78 is 110. The summed E-state index contributed by atoms with van der Waals surface area (Å²) in [6, 6.07) is 69.2. The number of azide groups is 1. The SMILES string of the molecule is [N-]=[N+]=NCCCO[C@@H]1O[C@H](CO[C@@H]2O[C@H](COC(=O)c3ccccc3)[C@@H](O[C@@H]3O[C@H](COC(=O)c4ccccc4)[C@H](O)[C@H](O)[C@H]3OC(=O)c3ccccc3)[C@H](OC(=O)c3ccccc3)[C@H]2OC(=O)c2ccccc2)[C@@H](O[C@@H]2O[C@H](COC(=O)c3ccccc3)[C@H](OC(=O)c3ccccc3)[C@H](OC(=O)c3ccccc3)[C@H]2OC(=O)c2ccccc2)[C@H](O)[C@H]1NC(=O)c1ccccc1C(=O)O. The second-order valence-corrected chi connectivity index (χ2v) is 30.5. The maximum absolute atomic E-state index is 15.3. The Morgan fingerprint density at radius 1 is 0.306 bits per heavy atom. The summed E-state index contributed by atoms with van der Waals surface area (Å²) >= 11 is 0. The second kappa shape index (κ2) is 46.4. The minimum Gasteiger partial charge on any atom is -0.478 e. The Morgan fingerprint density at radius 3 is 1.01 bits per heavy atom. The Balaban J connectivity index is 0.925. The number of aromatic carboxylic acids is 1. The number of nitrogens with one attached hydrogen (secondary N) is 1. The van der Waals surface area contributed by atoms with Gasteiger partial charge >= 0.3 is 59.7 Å². The number of nitrogens with zero attached hydrogens (tertiary/aromatic N) is 3. The van der Waals surface area contributed by atoms with Gasteiger partial charge in [-0.15, -0.1) is 0 Å². The highest BCUT2D eigenvalue weighted by atomic mass is 16.8. The quantitative estimate of drug-likeness (QED) is 0.00608. The van der Waals surface area contributed by atoms with Gasteiger partial charge < -0.3 is 106 Å². The van der Waals surface area contributed by atoms with Crippen LogP contribution in [-0.2, 0) is 80.5 Å². The standard InChI is InChI=1S/C98H88N4O32/c99-102-100-51-30-52-118-95-72(101-84(106)66-49-28-29-50-67(66)85(107)108)74(104)76(133-98-83(132-94(117)65-47-26-9-27-48-65)80(129-91(114)62-41-20-6-21-42-62)77(127-89(112)60-37-16-4-17-38-60)70(126-98)54-120-87(110)58-33-12-2-13-34-58)69(124-95)56-122-96-82(131-93(116)64-45-24-8-25-46-64)81(130-92(115)63-43-22-7-23-44-63)78(71(125-96)55-121-88(111)59-35-14-3-15-36-59)134-97-79(128-90(113)61-39-18-5-19-40-61)75(105)73(103)68(123-97)53-119-86(109)57-31-10-1-11-32-57/h1-29,31-50,68-83,95-98,103-105H,30,51-56H2,(H,101,106)(H,107,108)/t68-,69-,70-,71-,72-,73+,74-,75+,76-,77+,78-,79-,80+,81+,82-,83-,95-,96-,97+,98+/m1/s1. The van der Waals surface area contributed by atoms with Gasteiger partial charge in [-0.3, -0.25) is 4.79 Å². The third-order valence-electron chi connectivity index (χ3n) is 21.6. The van der Waals surface area contributed by atoms with Crippen molar-refractivity contribution < 1.29 is 154 Å². The topological polar surface area (TPSA) is 486 Å². The van der Waals surface area contributed by atoms with Crippen molar-refractivity contribution in [2.75, 3.05) is 39.6 Å². The molecule has 0 spiro atoms. The molecule has 0 aliphatic carbocycles. The third kappa shape index (κ3) is 24.3. The Hall–Kier alpha value is -14.8. The summed E-state index contributed by atoms with van der Waals surface area (Å²) in [6.45, 7) is -4.59. The van der Waals surface area contributed by atoms with Crippen molar-refractivity contribution >= 4 is 65.6 Å². The number of aliphatic hydroxyl groups is 3. The molecule has 0 unspecified atom stereocenters. The molecule has 1 amide bonds. The van der Waals surface area contributed by atoms with Crippen LogP contribution in [0.4, 0.5) is 0 Å². The number of carbonyl (C=O) groups excluding carboxylic acids is 10. The van der Waals surface area contributed by atoms with E-state index in [0.717, 1.165) is 12.1 Å². The van der Waals surface area contributed by atoms with Gasteiger partial charge in [-0.25, -0.2) is 47.9 Å². The first-order valence-electron chi connectivity index (χ1n) is 42.2. The van der Waals surface area contributed by atoms with Crippen LogP contribution in [0.25, 0.3) is 10.4 Å². The van der Waals surface area contributed by atoms with Gasteiger partial charge in [0.15, 0.2) is 61.8 Å². The van der Waals surface area contributed by atoms with Gasteiger partial charge in [0.2, 0.25) is 0 Å². The van der Waals surface area contributed by atoms with E-state index < -0.39 is 233 Å². The van der Waals surface area contributed by atoms with Crippen LogP contribution in [0.15, 0.2) is 302 Å². The summed E-state index contributed by atoms with van der Waals surface area (Å²) in [7, 11) is 0. The van der Waals surface area contributed by atoms with Crippen LogP contribution in [0.3, 0.4) is 0 Å². The third-order valence-corrected chi connectivity index (χ3v) is 21.6. The molecule has 0 radical (unpaired) electrons. The van der Waals surface area contributed by atoms with E-state index in [9.17, 15) is 54.7 Å². The number of esters is 9. The molecule has 36 nitrogen and oxygen atoms in total. The normalized spacial score (nSPS) is 24.6. The average molecular weight is 1830 g/mol. The summed E-state index contributed by atoms with van der Waals surface area (Å²) in [5, 5.41) is 54.9. The van der Waals surface area contributed by atoms with E-state index in [0.29, 0.717) is 0 Å². The lowest BCUT2D eigenvalue weighted by Gasteiger charge is -2.49. The largest absolute Gasteiger partial charge is 0.478 e. The summed E-state index contributed by atoms with van der Waals surface area (Å²) in [5.74, 6) is -12.7. The fraction of sp³-hybridized carbons (Fsp3) is 0.276. The summed E-state index contributed by atoms with van der Waals surface area (Å²) in [4.78, 5) is 163. The maximum atomic E-state index is 15.3. The molecule has 5 N–H and O–H groups in total. The lowest BCUT2D eigenvalue weighted by molar-refractivity contribution is -0.367. The molecule has 4 saturated heterocycles. The van der Waals surface area contributed by atoms with Gasteiger partial charge in [-0.1, -0.05) is 181 Å². The highest BCUT2D eigenvalue weighted by Crippen LogP contribution is 2.40. The van der Waals surface area contributed by atoms with Gasteiger partial charge in [0.1, 0.15) is 80.8 Å². The number of hydrogen-bond acceptors (Lipinski definition) is 32. The van der Waals surface area contributed by atoms with Crippen molar-refractivity contribution in [3.05, 3.63) is 369 Å². The lowest BCUT2D eigenvalue weighted by atomic mass is 9.94. The van der Waals surface area contributed by atoms with Crippen molar-refractivity contribution in [2.24, 2.45) is 5.11 Å². The first-order valence-corrected chi connectivity index (χ1v) is 42.2. The molecule has 20 atom stereocenters. The minimum atomic E-state index is -2.39. The molecule has 36 heteroatoms. The highest BCUT2D eigenvalue weighted by Gasteiger charge is 2.60. The molecule has 10 aromatic rings. The fourth-order valence-electron chi connectivity index (χ4n) is 14.9. The van der Waals surface area contributed by atoms with Crippen molar-refractivity contribution in [3.63, 3.8) is 0 Å². The molecule has 0 aromatic heterocycles. The number of carboxylic acid groups (broad SMARTS) is 1. The molecule has 134 heavy (non-hydrogen) atoms. The number of rotatable bonds is 36. The van der Waals surface area contributed by atoms with Crippen molar-refractivity contribution in [1.82, 2.24) is 5.32 Å². The molecule has 4 fully saturated rings. The number of hydrogen-bond donors (Lipinski definition) is 5. The van der Waals surface area contributed by atoms with Gasteiger partial charge in [-0.05, 0) is 133 Å². The van der Waals surface area contributed by atoms with Gasteiger partial charge in [0.05, 0.1) is 67.8 Å². The molecule has 4 heterocycles. The maximum Gasteiger partial charge on any atom is 0.338 e. The zero-order valence-corrected chi connectivity index (χ0v) is 70.8. The van der Waals surface area contributed by atoms with Crippen LogP contribution < -0.4 is 5.32 Å². The molecular weight excluding hydrogens is 1750 g/mol. The first kappa shape index (κ1) is 95.3. The minimum absolute atomic E-state index is 0.000189. The number of ether oxygens (including phenoxy) is 17. The molecule has 4 aliphatic heterocycles. The molecule has 692 valence electrons. The Labute approximate surface area is 763 Å². The molecular formula is C98H88N4O32. The van der Waals surface area contributed by atoms with E-state index in [1.165, 1.54) is 218 Å². The first-order chi connectivity index (χ1) is 65.2. The van der Waals surface area contributed by atoms with E-state index in [4.69, 9.17) is 80.5 Å². The number of benzene rings is 10. The predicted octanol–water partition coefficient (Wildman–Crippen LogP) is 9.89. The molecule has 0 saturated carbocycles. The van der Waals surface area contributed by atoms with Gasteiger partial charge in [0.25, 0.3) is 5.91 Å². The summed E-state index contributed by atoms with van der Waals surface area (Å²) in [6.07, 6.45) is -41.1. The Bertz CT molecular complexity index is 5710. The van der Waals surface area contributed by atoms with Gasteiger partial charge in [-0.2, -0.15) is 0 Å². The van der Waals surface area contributed by atoms with Crippen molar-refractivity contribution in [3.8, 4) is 0 Å². The van der Waals surface area contributed by atoms with E-state index in [-0.39, 0.29) is 63.0 Å². The lowest BCUT2D eigenvalue weighted by Crippen LogP contribution is -2.69. The van der Waals surface area contributed by atoms with Crippen molar-refractivity contribution in [1.29, 1.82) is 0 Å². The van der Waals surface area contributed by atoms with Crippen LogP contribution in [0, 0.1) is 0 Å². The van der Waals surface area contributed by atoms with Crippen LogP contribution in [0.1, 0.15) is 120 Å². The zero-order chi connectivity index (χ0) is 94.0. The van der Waals surface area contributed by atoms with Gasteiger partial charge in [0, 0.05) is 18.1 Å². The molecule has 10 aromatic carbocycles. The zero-order valence-electron chi connectivity index (χ0n) is 70.8. The van der Waals surface area contributed by atoms with E-state index in [2.05, 4.69) is 15.3 Å². The number of carbonyl (C=O) groups is 11. The van der Waals surface area contributed by atoms with Crippen LogP contribution in [-0.4, -0.2) is 248 Å². The van der Waals surface area contributed by atoms with E-state index in [1.807, 2.05) is 0 Å². The molecule has 14 rings (SSSR count). The van der Waals surface area contributed by atoms with E-state index in [1.54, 1.807) is 66.7 Å². The average Bonchev–Trinajstić information content (AvgIpc) is 0.762. The predicted molar refractivity (Wildman–Crippen MR) is 462 cm³/mol. The molecule has 0 bridgehead atoms. The van der Waals surface area contributed by atoms with Crippen LogP contribution >= 0.6 is 0 Å². The number of amides is 1. The Morgan fingerprint density at radius 2 is 0.604 bits per heavy atom. The number of aliphatic hydroxyl groups excluding tert-OH is 3. The highest BCUT2D eigenvalue weighted by molar-refractivity contribution is 6.05. The molecule has 4 aliphatic rings. The second-order valence-electron chi connectivity index (χ2n) is 30.5. The summed E-state index contributed by atoms with van der Waals surface area (Å²) in [5.41, 5.74) is 7.56. The van der Waals surface area contributed by atoms with Crippen LogP contribution in [0.5, 0.6) is 0 Å². The smallest absolute Gasteiger partial charge is 0.338 e. The number of carboxylic acids is 1. The monoisotopic (exact) mass is 1830 g/mol. The van der Waals surface area contributed by atoms with Crippen molar-refractivity contribution in [2.45, 2.75) is 129 Å². The van der Waals surface area contributed by atoms with E-state index >= 15 is 24.0 Å².